The zero-order valence-electron chi connectivity index (χ0n) is 11.2. The number of benzene rings is 1. The molecular weight excluding hydrogens is 337 g/mol. The quantitative estimate of drug-likeness (QED) is 0.786. The van der Waals surface area contributed by atoms with Crippen LogP contribution in [0.25, 0.3) is 0 Å². The topological polar surface area (TPSA) is 25.2 Å². The molecule has 1 N–H and O–H groups in total. The number of hydrogen-bond acceptors (Lipinski definition) is 2. The molecule has 18 heavy (non-hydrogen) atoms. The van der Waals surface area contributed by atoms with E-state index in [9.17, 15) is 0 Å². The van der Waals surface area contributed by atoms with Crippen molar-refractivity contribution < 1.29 is 4.42 Å². The van der Waals surface area contributed by atoms with Crippen molar-refractivity contribution in [3.8, 4) is 0 Å². The minimum Gasteiger partial charge on any atom is -0.466 e. The van der Waals surface area contributed by atoms with Crippen molar-refractivity contribution in [3.05, 3.63) is 50.5 Å². The Kier molecular flexibility index (Phi) is 4.00. The summed E-state index contributed by atoms with van der Waals surface area (Å²) in [5, 5.41) is 3.56. The molecule has 2 rings (SSSR count). The van der Waals surface area contributed by atoms with Gasteiger partial charge < -0.3 is 9.73 Å². The molecule has 0 aliphatic heterocycles. The average Bonchev–Trinajstić information content (AvgIpc) is 2.64. The molecule has 2 aromatic rings. The first-order valence-electron chi connectivity index (χ1n) is 6.07. The van der Waals surface area contributed by atoms with Gasteiger partial charge in [0.2, 0.25) is 0 Å². The largest absolute Gasteiger partial charge is 0.466 e. The fourth-order valence-corrected chi connectivity index (χ4v) is 2.65. The maximum absolute atomic E-state index is 5.59. The molecule has 0 spiro atoms. The van der Waals surface area contributed by atoms with Crippen molar-refractivity contribution in [1.82, 2.24) is 0 Å². The molecule has 0 fully saturated rings. The lowest BCUT2D eigenvalue weighted by Gasteiger charge is -2.17. The van der Waals surface area contributed by atoms with Gasteiger partial charge in [0.25, 0.3) is 0 Å². The van der Waals surface area contributed by atoms with Crippen LogP contribution in [0.4, 0.5) is 5.69 Å². The lowest BCUT2D eigenvalue weighted by molar-refractivity contribution is 0.500. The van der Waals surface area contributed by atoms with E-state index >= 15 is 0 Å². The standard InChI is InChI=1S/C15H18INO/c1-9-8-13(12(4)18-9)11(3)17-15-7-5-6-14(16)10(15)2/h5-8,11,17H,1-4H3. The molecule has 0 aliphatic rings. The smallest absolute Gasteiger partial charge is 0.106 e. The summed E-state index contributed by atoms with van der Waals surface area (Å²) in [6.07, 6.45) is 0. The van der Waals surface area contributed by atoms with E-state index in [1.165, 1.54) is 20.4 Å². The van der Waals surface area contributed by atoms with Crippen LogP contribution in [0.1, 0.15) is 35.6 Å². The molecule has 96 valence electrons. The van der Waals surface area contributed by atoms with Gasteiger partial charge in [0.1, 0.15) is 11.5 Å². The fraction of sp³-hybridized carbons (Fsp3) is 0.333. The van der Waals surface area contributed by atoms with Gasteiger partial charge >= 0.3 is 0 Å². The van der Waals surface area contributed by atoms with Crippen LogP contribution < -0.4 is 5.32 Å². The van der Waals surface area contributed by atoms with Crippen molar-refractivity contribution >= 4 is 28.3 Å². The molecule has 0 saturated carbocycles. The highest BCUT2D eigenvalue weighted by Crippen LogP contribution is 2.27. The summed E-state index contributed by atoms with van der Waals surface area (Å²) in [6.45, 7) is 8.31. The van der Waals surface area contributed by atoms with Gasteiger partial charge in [-0.2, -0.15) is 0 Å². The highest BCUT2D eigenvalue weighted by Gasteiger charge is 2.13. The number of anilines is 1. The normalized spacial score (nSPS) is 12.5. The molecule has 1 heterocycles. The van der Waals surface area contributed by atoms with E-state index in [-0.39, 0.29) is 6.04 Å². The third-order valence-corrected chi connectivity index (χ3v) is 4.35. The lowest BCUT2D eigenvalue weighted by atomic mass is 10.1. The van der Waals surface area contributed by atoms with Gasteiger partial charge in [0, 0.05) is 14.8 Å². The van der Waals surface area contributed by atoms with Gasteiger partial charge in [0.15, 0.2) is 0 Å². The monoisotopic (exact) mass is 355 g/mol. The summed E-state index contributed by atoms with van der Waals surface area (Å²) in [7, 11) is 0. The third-order valence-electron chi connectivity index (χ3n) is 3.19. The molecule has 1 atom stereocenters. The number of nitrogens with one attached hydrogen (secondary N) is 1. The Morgan fingerprint density at radius 1 is 1.22 bits per heavy atom. The summed E-state index contributed by atoms with van der Waals surface area (Å²) >= 11 is 2.36. The number of aryl methyl sites for hydroxylation is 2. The number of furan rings is 1. The Balaban J connectivity index is 2.24. The molecule has 1 aromatic carbocycles. The van der Waals surface area contributed by atoms with Crippen LogP contribution in [0.15, 0.2) is 28.7 Å². The predicted octanol–water partition coefficient (Wildman–Crippen LogP) is 4.98. The number of hydrogen-bond donors (Lipinski definition) is 1. The zero-order chi connectivity index (χ0) is 13.3. The van der Waals surface area contributed by atoms with Gasteiger partial charge in [-0.15, -0.1) is 0 Å². The van der Waals surface area contributed by atoms with Crippen LogP contribution in [0.3, 0.4) is 0 Å². The SMILES string of the molecule is Cc1cc(C(C)Nc2cccc(I)c2C)c(C)o1. The Labute approximate surface area is 122 Å². The van der Waals surface area contributed by atoms with Crippen LogP contribution >= 0.6 is 22.6 Å². The van der Waals surface area contributed by atoms with Gasteiger partial charge in [-0.25, -0.2) is 0 Å². The van der Waals surface area contributed by atoms with Crippen LogP contribution in [0, 0.1) is 24.3 Å². The highest BCUT2D eigenvalue weighted by molar-refractivity contribution is 14.1. The predicted molar refractivity (Wildman–Crippen MR) is 84.1 cm³/mol. The van der Waals surface area contributed by atoms with E-state index in [1.807, 2.05) is 13.8 Å². The second-order valence-corrected chi connectivity index (χ2v) is 5.81. The van der Waals surface area contributed by atoms with Crippen molar-refractivity contribution in [2.75, 3.05) is 5.32 Å². The summed E-state index contributed by atoms with van der Waals surface area (Å²) < 4.78 is 6.87. The van der Waals surface area contributed by atoms with Gasteiger partial charge in [0.05, 0.1) is 6.04 Å². The first-order valence-corrected chi connectivity index (χ1v) is 7.15. The van der Waals surface area contributed by atoms with Gasteiger partial charge in [-0.1, -0.05) is 6.07 Å². The van der Waals surface area contributed by atoms with E-state index in [1.54, 1.807) is 0 Å². The molecule has 0 amide bonds. The molecule has 3 heteroatoms. The van der Waals surface area contributed by atoms with Gasteiger partial charge in [-0.3, -0.25) is 0 Å². The second kappa shape index (κ2) is 5.34. The van der Waals surface area contributed by atoms with Crippen molar-refractivity contribution in [2.45, 2.75) is 33.7 Å². The minimum atomic E-state index is 0.249. The molecule has 0 bridgehead atoms. The number of halogens is 1. The van der Waals surface area contributed by atoms with Crippen molar-refractivity contribution in [1.29, 1.82) is 0 Å². The van der Waals surface area contributed by atoms with Crippen LogP contribution in [-0.4, -0.2) is 0 Å². The van der Waals surface area contributed by atoms with Crippen LogP contribution in [0.5, 0.6) is 0 Å². The summed E-state index contributed by atoms with van der Waals surface area (Å²) in [6, 6.07) is 8.68. The molecular formula is C15H18INO. The van der Waals surface area contributed by atoms with E-state index in [4.69, 9.17) is 4.42 Å². The Hall–Kier alpha value is -0.970. The first-order chi connectivity index (χ1) is 8.49. The van der Waals surface area contributed by atoms with E-state index in [2.05, 4.69) is 66.0 Å². The van der Waals surface area contributed by atoms with Crippen molar-refractivity contribution in [2.24, 2.45) is 0 Å². The average molecular weight is 355 g/mol. The lowest BCUT2D eigenvalue weighted by Crippen LogP contribution is -2.08. The van der Waals surface area contributed by atoms with Crippen LogP contribution in [0.2, 0.25) is 0 Å². The maximum atomic E-state index is 5.59. The molecule has 0 aliphatic carbocycles. The summed E-state index contributed by atoms with van der Waals surface area (Å²) in [5.74, 6) is 1.96. The zero-order valence-corrected chi connectivity index (χ0v) is 13.3. The van der Waals surface area contributed by atoms with Crippen molar-refractivity contribution in [3.63, 3.8) is 0 Å². The van der Waals surface area contributed by atoms with Gasteiger partial charge in [-0.05, 0) is 74.0 Å². The van der Waals surface area contributed by atoms with Crippen LogP contribution in [-0.2, 0) is 0 Å². The Morgan fingerprint density at radius 2 is 1.94 bits per heavy atom. The third kappa shape index (κ3) is 2.71. The van der Waals surface area contributed by atoms with E-state index in [0.29, 0.717) is 0 Å². The maximum Gasteiger partial charge on any atom is 0.106 e. The Bertz CT molecular complexity index is 560. The Morgan fingerprint density at radius 3 is 2.56 bits per heavy atom. The first kappa shape index (κ1) is 13.5. The molecule has 0 radical (unpaired) electrons. The second-order valence-electron chi connectivity index (χ2n) is 4.65. The fourth-order valence-electron chi connectivity index (χ4n) is 2.16. The van der Waals surface area contributed by atoms with E-state index < -0.39 is 0 Å². The minimum absolute atomic E-state index is 0.249. The summed E-state index contributed by atoms with van der Waals surface area (Å²) in [4.78, 5) is 0. The highest BCUT2D eigenvalue weighted by atomic mass is 127. The molecule has 1 unspecified atom stereocenters. The summed E-state index contributed by atoms with van der Waals surface area (Å²) in [5.41, 5.74) is 3.71. The number of rotatable bonds is 3. The molecule has 1 aromatic heterocycles. The van der Waals surface area contributed by atoms with E-state index in [0.717, 1.165) is 11.5 Å². The molecule has 2 nitrogen and oxygen atoms in total. The molecule has 0 saturated heterocycles.